The zero-order valence-corrected chi connectivity index (χ0v) is 14.0. The minimum absolute atomic E-state index is 0.654. The molecule has 1 aromatic heterocycles. The first-order chi connectivity index (χ1) is 9.45. The predicted molar refractivity (Wildman–Crippen MR) is 84.9 cm³/mol. The van der Waals surface area contributed by atoms with Crippen molar-refractivity contribution in [1.82, 2.24) is 9.78 Å². The van der Waals surface area contributed by atoms with E-state index in [-0.39, 0.29) is 0 Å². The second-order valence-electron chi connectivity index (χ2n) is 5.32. The Labute approximate surface area is 128 Å². The summed E-state index contributed by atoms with van der Waals surface area (Å²) in [5, 5.41) is 15.2. The van der Waals surface area contributed by atoms with Gasteiger partial charge in [-0.3, -0.25) is 4.68 Å². The standard InChI is InChI=1S/C16H21BrN2O/c1-5-6-19-15(13(17)9-18-19)16(20)14-11(3)7-10(2)8-12(14)4/h7-9,16,20H,5-6H2,1-4H3. The van der Waals surface area contributed by atoms with Crippen LogP contribution in [-0.4, -0.2) is 14.9 Å². The predicted octanol–water partition coefficient (Wildman–Crippen LogP) is 4.06. The summed E-state index contributed by atoms with van der Waals surface area (Å²) >= 11 is 3.51. The number of benzene rings is 1. The molecule has 1 N–H and O–H groups in total. The van der Waals surface area contributed by atoms with E-state index in [0.717, 1.165) is 39.8 Å². The van der Waals surface area contributed by atoms with Gasteiger partial charge in [-0.15, -0.1) is 0 Å². The molecule has 0 fully saturated rings. The van der Waals surface area contributed by atoms with Crippen LogP contribution in [0, 0.1) is 20.8 Å². The molecule has 2 aromatic rings. The number of hydrogen-bond acceptors (Lipinski definition) is 2. The molecule has 0 aliphatic heterocycles. The zero-order chi connectivity index (χ0) is 14.9. The van der Waals surface area contributed by atoms with Crippen LogP contribution < -0.4 is 0 Å². The number of aliphatic hydroxyl groups excluding tert-OH is 1. The Morgan fingerprint density at radius 3 is 2.40 bits per heavy atom. The highest BCUT2D eigenvalue weighted by molar-refractivity contribution is 9.10. The molecule has 0 saturated carbocycles. The van der Waals surface area contributed by atoms with E-state index in [1.165, 1.54) is 5.56 Å². The molecule has 0 saturated heterocycles. The van der Waals surface area contributed by atoms with Crippen LogP contribution in [0.3, 0.4) is 0 Å². The topological polar surface area (TPSA) is 38.0 Å². The highest BCUT2D eigenvalue weighted by Crippen LogP contribution is 2.32. The first-order valence-electron chi connectivity index (χ1n) is 6.92. The molecule has 3 nitrogen and oxygen atoms in total. The van der Waals surface area contributed by atoms with Gasteiger partial charge in [-0.05, 0) is 59.8 Å². The Morgan fingerprint density at radius 1 is 1.25 bits per heavy atom. The smallest absolute Gasteiger partial charge is 0.122 e. The molecule has 108 valence electrons. The lowest BCUT2D eigenvalue weighted by atomic mass is 9.94. The van der Waals surface area contributed by atoms with Gasteiger partial charge in [0.05, 0.1) is 16.4 Å². The molecule has 0 amide bonds. The molecule has 1 unspecified atom stereocenters. The van der Waals surface area contributed by atoms with Gasteiger partial charge in [-0.2, -0.15) is 5.10 Å². The van der Waals surface area contributed by atoms with Crippen molar-refractivity contribution in [2.45, 2.75) is 46.8 Å². The van der Waals surface area contributed by atoms with Gasteiger partial charge >= 0.3 is 0 Å². The van der Waals surface area contributed by atoms with E-state index in [9.17, 15) is 5.11 Å². The zero-order valence-electron chi connectivity index (χ0n) is 12.4. The van der Waals surface area contributed by atoms with Crippen molar-refractivity contribution in [2.75, 3.05) is 0 Å². The number of rotatable bonds is 4. The normalized spacial score (nSPS) is 12.7. The SMILES string of the molecule is CCCn1ncc(Br)c1C(O)c1c(C)cc(C)cc1C. The monoisotopic (exact) mass is 336 g/mol. The minimum atomic E-state index is -0.654. The quantitative estimate of drug-likeness (QED) is 0.914. The second-order valence-corrected chi connectivity index (χ2v) is 6.17. The number of hydrogen-bond donors (Lipinski definition) is 1. The van der Waals surface area contributed by atoms with Crippen LogP contribution in [0.15, 0.2) is 22.8 Å². The number of aliphatic hydroxyl groups is 1. The molecule has 1 aromatic carbocycles. The molecule has 4 heteroatoms. The molecule has 20 heavy (non-hydrogen) atoms. The van der Waals surface area contributed by atoms with Crippen LogP contribution >= 0.6 is 15.9 Å². The first-order valence-corrected chi connectivity index (χ1v) is 7.72. The molecule has 0 aliphatic rings. The fourth-order valence-electron chi connectivity index (χ4n) is 2.79. The van der Waals surface area contributed by atoms with E-state index in [1.54, 1.807) is 6.20 Å². The number of aromatic nitrogens is 2. The third kappa shape index (κ3) is 2.81. The number of halogens is 1. The summed E-state index contributed by atoms with van der Waals surface area (Å²) in [5.74, 6) is 0. The second kappa shape index (κ2) is 6.10. The molecule has 2 rings (SSSR count). The Morgan fingerprint density at radius 2 is 1.85 bits per heavy atom. The van der Waals surface area contributed by atoms with E-state index in [1.807, 2.05) is 18.5 Å². The lowest BCUT2D eigenvalue weighted by Gasteiger charge is -2.19. The summed E-state index contributed by atoms with van der Waals surface area (Å²) in [6.07, 6.45) is 2.09. The third-order valence-electron chi connectivity index (χ3n) is 3.54. The van der Waals surface area contributed by atoms with Crippen LogP contribution in [0.25, 0.3) is 0 Å². The van der Waals surface area contributed by atoms with Crippen molar-refractivity contribution in [2.24, 2.45) is 0 Å². The van der Waals surface area contributed by atoms with E-state index in [4.69, 9.17) is 0 Å². The molecule has 0 radical (unpaired) electrons. The van der Waals surface area contributed by atoms with E-state index >= 15 is 0 Å². The highest BCUT2D eigenvalue weighted by Gasteiger charge is 2.22. The third-order valence-corrected chi connectivity index (χ3v) is 4.15. The van der Waals surface area contributed by atoms with Gasteiger partial charge in [0.15, 0.2) is 0 Å². The molecule has 1 heterocycles. The summed E-state index contributed by atoms with van der Waals surface area (Å²) in [6, 6.07) is 4.22. The summed E-state index contributed by atoms with van der Waals surface area (Å²) in [4.78, 5) is 0. The van der Waals surface area contributed by atoms with E-state index < -0.39 is 6.10 Å². The molecular weight excluding hydrogens is 316 g/mol. The fourth-order valence-corrected chi connectivity index (χ4v) is 3.31. The average molecular weight is 337 g/mol. The number of nitrogens with zero attached hydrogens (tertiary/aromatic N) is 2. The molecular formula is C16H21BrN2O. The van der Waals surface area contributed by atoms with Crippen LogP contribution in [0.1, 0.15) is 47.4 Å². The molecule has 0 spiro atoms. The summed E-state index contributed by atoms with van der Waals surface area (Å²) < 4.78 is 2.74. The van der Waals surface area contributed by atoms with E-state index in [0.29, 0.717) is 0 Å². The Bertz CT molecular complexity index is 596. The van der Waals surface area contributed by atoms with Crippen LogP contribution in [0.2, 0.25) is 0 Å². The summed E-state index contributed by atoms with van der Waals surface area (Å²) in [6.45, 7) is 9.09. The molecule has 0 bridgehead atoms. The molecule has 1 atom stereocenters. The van der Waals surface area contributed by atoms with Gasteiger partial charge in [-0.1, -0.05) is 24.6 Å². The Hall–Kier alpha value is -1.13. The number of aryl methyl sites for hydroxylation is 4. The van der Waals surface area contributed by atoms with Crippen molar-refractivity contribution < 1.29 is 5.11 Å². The molecule has 0 aliphatic carbocycles. The van der Waals surface area contributed by atoms with Crippen LogP contribution in [0.4, 0.5) is 0 Å². The van der Waals surface area contributed by atoms with Crippen LogP contribution in [-0.2, 0) is 6.54 Å². The van der Waals surface area contributed by atoms with E-state index in [2.05, 4.69) is 47.0 Å². The average Bonchev–Trinajstić information content (AvgIpc) is 2.69. The largest absolute Gasteiger partial charge is 0.382 e. The van der Waals surface area contributed by atoms with Crippen molar-refractivity contribution in [3.05, 3.63) is 50.8 Å². The van der Waals surface area contributed by atoms with Crippen molar-refractivity contribution in [3.63, 3.8) is 0 Å². The maximum Gasteiger partial charge on any atom is 0.122 e. The van der Waals surface area contributed by atoms with Crippen molar-refractivity contribution in [1.29, 1.82) is 0 Å². The van der Waals surface area contributed by atoms with Gasteiger partial charge in [0.2, 0.25) is 0 Å². The van der Waals surface area contributed by atoms with Crippen molar-refractivity contribution >= 4 is 15.9 Å². The van der Waals surface area contributed by atoms with Crippen LogP contribution in [0.5, 0.6) is 0 Å². The summed E-state index contributed by atoms with van der Waals surface area (Å²) in [5.41, 5.74) is 5.27. The lowest BCUT2D eigenvalue weighted by Crippen LogP contribution is -2.13. The Balaban J connectivity index is 2.52. The summed E-state index contributed by atoms with van der Waals surface area (Å²) in [7, 11) is 0. The van der Waals surface area contributed by atoms with Gasteiger partial charge in [-0.25, -0.2) is 0 Å². The highest BCUT2D eigenvalue weighted by atomic mass is 79.9. The fraction of sp³-hybridized carbons (Fsp3) is 0.438. The van der Waals surface area contributed by atoms with Crippen molar-refractivity contribution in [3.8, 4) is 0 Å². The maximum absolute atomic E-state index is 10.8. The van der Waals surface area contributed by atoms with Gasteiger partial charge < -0.3 is 5.11 Å². The van der Waals surface area contributed by atoms with Gasteiger partial charge in [0, 0.05) is 6.54 Å². The first kappa shape index (κ1) is 15.3. The van der Waals surface area contributed by atoms with Gasteiger partial charge in [0.1, 0.15) is 6.10 Å². The van der Waals surface area contributed by atoms with Gasteiger partial charge in [0.25, 0.3) is 0 Å². The maximum atomic E-state index is 10.8. The Kier molecular flexibility index (Phi) is 4.66. The minimum Gasteiger partial charge on any atom is -0.382 e. The lowest BCUT2D eigenvalue weighted by molar-refractivity contribution is 0.205.